The first kappa shape index (κ1) is 17.0. The van der Waals surface area contributed by atoms with Gasteiger partial charge in [-0.3, -0.25) is 9.59 Å². The number of rotatable bonds is 5. The third-order valence-corrected chi connectivity index (χ3v) is 4.34. The molecule has 1 aromatic rings. The van der Waals surface area contributed by atoms with Gasteiger partial charge in [0.15, 0.2) is 0 Å². The Kier molecular flexibility index (Phi) is 5.03. The average molecular weight is 318 g/mol. The summed E-state index contributed by atoms with van der Waals surface area (Å²) in [4.78, 5) is 38.3. The van der Waals surface area contributed by atoms with E-state index in [-0.39, 0.29) is 18.2 Å². The van der Waals surface area contributed by atoms with E-state index in [1.54, 1.807) is 4.90 Å². The molecule has 1 N–H and O–H groups in total. The number of nitrogens with zero attached hydrogens (tertiary/aromatic N) is 2. The van der Waals surface area contributed by atoms with Crippen molar-refractivity contribution >= 4 is 17.8 Å². The van der Waals surface area contributed by atoms with Crippen molar-refractivity contribution in [1.29, 1.82) is 0 Å². The Morgan fingerprint density at radius 3 is 2.52 bits per heavy atom. The molecule has 23 heavy (non-hydrogen) atoms. The van der Waals surface area contributed by atoms with Crippen molar-refractivity contribution in [2.24, 2.45) is 5.92 Å². The Labute approximate surface area is 135 Å². The van der Waals surface area contributed by atoms with Crippen LogP contribution in [0.4, 0.5) is 0 Å². The van der Waals surface area contributed by atoms with Crippen LogP contribution in [0.3, 0.4) is 0 Å². The summed E-state index contributed by atoms with van der Waals surface area (Å²) < 4.78 is 0. The maximum atomic E-state index is 12.4. The van der Waals surface area contributed by atoms with E-state index in [9.17, 15) is 14.4 Å². The second-order valence-electron chi connectivity index (χ2n) is 6.12. The summed E-state index contributed by atoms with van der Waals surface area (Å²) in [6.07, 6.45) is 0.140. The number of carbonyl (C=O) groups is 3. The number of aryl methyl sites for hydroxylation is 1. The highest BCUT2D eigenvalue weighted by Gasteiger charge is 2.37. The van der Waals surface area contributed by atoms with Gasteiger partial charge < -0.3 is 14.9 Å². The molecule has 6 heteroatoms. The first-order valence-corrected chi connectivity index (χ1v) is 7.62. The van der Waals surface area contributed by atoms with Gasteiger partial charge in [-0.2, -0.15) is 0 Å². The Morgan fingerprint density at radius 2 is 1.96 bits per heavy atom. The molecule has 1 aromatic carbocycles. The third-order valence-electron chi connectivity index (χ3n) is 4.34. The zero-order chi connectivity index (χ0) is 17.1. The first-order chi connectivity index (χ1) is 10.8. The van der Waals surface area contributed by atoms with Gasteiger partial charge in [-0.25, -0.2) is 4.79 Å². The van der Waals surface area contributed by atoms with Crippen molar-refractivity contribution in [1.82, 2.24) is 9.80 Å². The maximum Gasteiger partial charge on any atom is 0.326 e. The highest BCUT2D eigenvalue weighted by atomic mass is 16.4. The van der Waals surface area contributed by atoms with E-state index in [1.165, 1.54) is 18.9 Å². The number of amides is 2. The fourth-order valence-electron chi connectivity index (χ4n) is 2.65. The summed E-state index contributed by atoms with van der Waals surface area (Å²) >= 11 is 0. The largest absolute Gasteiger partial charge is 0.480 e. The molecule has 2 amide bonds. The smallest absolute Gasteiger partial charge is 0.326 e. The molecule has 124 valence electrons. The van der Waals surface area contributed by atoms with Crippen LogP contribution in [0.15, 0.2) is 24.3 Å². The molecule has 2 atom stereocenters. The number of carboxylic acid groups (broad SMARTS) is 1. The number of aliphatic carboxylic acids is 1. The minimum atomic E-state index is -1.05. The fraction of sp³-hybridized carbons (Fsp3) is 0.471. The second kappa shape index (κ2) is 6.81. The summed E-state index contributed by atoms with van der Waals surface area (Å²) in [7, 11) is 1.47. The van der Waals surface area contributed by atoms with Crippen LogP contribution in [0.2, 0.25) is 0 Å². The van der Waals surface area contributed by atoms with E-state index in [4.69, 9.17) is 5.11 Å². The molecule has 1 fully saturated rings. The van der Waals surface area contributed by atoms with Gasteiger partial charge >= 0.3 is 5.97 Å². The van der Waals surface area contributed by atoms with Gasteiger partial charge in [-0.1, -0.05) is 29.8 Å². The zero-order valence-corrected chi connectivity index (χ0v) is 13.7. The van der Waals surface area contributed by atoms with Crippen molar-refractivity contribution in [3.05, 3.63) is 35.4 Å². The standard InChI is InChI=1S/C17H22N2O4/c1-11-4-6-13(7-5-11)9-19-10-14(8-15(19)20)16(21)18(3)12(2)17(22)23/h4-7,12,14H,8-10H2,1-3H3,(H,22,23). The second-order valence-corrected chi connectivity index (χ2v) is 6.12. The summed E-state index contributed by atoms with van der Waals surface area (Å²) in [5, 5.41) is 8.99. The number of likely N-dealkylation sites (tertiary alicyclic amines) is 1. The van der Waals surface area contributed by atoms with Crippen LogP contribution in [0, 0.1) is 12.8 Å². The van der Waals surface area contributed by atoms with Gasteiger partial charge in [-0.15, -0.1) is 0 Å². The molecular weight excluding hydrogens is 296 g/mol. The molecule has 0 bridgehead atoms. The predicted molar refractivity (Wildman–Crippen MR) is 84.6 cm³/mol. The molecule has 1 aliphatic heterocycles. The minimum Gasteiger partial charge on any atom is -0.480 e. The highest BCUT2D eigenvalue weighted by molar-refractivity contribution is 5.91. The average Bonchev–Trinajstić information content (AvgIpc) is 2.88. The van der Waals surface area contributed by atoms with E-state index in [2.05, 4.69) is 0 Å². The number of carbonyl (C=O) groups excluding carboxylic acids is 2. The number of hydrogen-bond acceptors (Lipinski definition) is 3. The zero-order valence-electron chi connectivity index (χ0n) is 13.7. The summed E-state index contributed by atoms with van der Waals surface area (Å²) in [6, 6.07) is 7.01. The van der Waals surface area contributed by atoms with E-state index in [0.29, 0.717) is 13.1 Å². The van der Waals surface area contributed by atoms with E-state index < -0.39 is 17.9 Å². The summed E-state index contributed by atoms with van der Waals surface area (Å²) in [5.74, 6) is -1.89. The van der Waals surface area contributed by atoms with E-state index in [1.807, 2.05) is 31.2 Å². The first-order valence-electron chi connectivity index (χ1n) is 7.62. The normalized spacial score (nSPS) is 18.8. The maximum absolute atomic E-state index is 12.4. The lowest BCUT2D eigenvalue weighted by molar-refractivity contribution is -0.149. The Balaban J connectivity index is 2.00. The molecular formula is C17H22N2O4. The number of hydrogen-bond donors (Lipinski definition) is 1. The van der Waals surface area contributed by atoms with Gasteiger partial charge in [0.1, 0.15) is 6.04 Å². The van der Waals surface area contributed by atoms with Crippen molar-refractivity contribution in [3.8, 4) is 0 Å². The quantitative estimate of drug-likeness (QED) is 0.887. The van der Waals surface area contributed by atoms with Crippen LogP contribution >= 0.6 is 0 Å². The Hall–Kier alpha value is -2.37. The van der Waals surface area contributed by atoms with Crippen molar-refractivity contribution in [3.63, 3.8) is 0 Å². The number of likely N-dealkylation sites (N-methyl/N-ethyl adjacent to an activating group) is 1. The van der Waals surface area contributed by atoms with Crippen LogP contribution in [-0.2, 0) is 20.9 Å². The van der Waals surface area contributed by atoms with Crippen LogP contribution in [-0.4, -0.2) is 52.3 Å². The molecule has 0 radical (unpaired) electrons. The molecule has 1 saturated heterocycles. The molecule has 0 aromatic heterocycles. The molecule has 1 aliphatic rings. The van der Waals surface area contributed by atoms with Gasteiger partial charge in [0, 0.05) is 26.6 Å². The topological polar surface area (TPSA) is 77.9 Å². The van der Waals surface area contributed by atoms with Gasteiger partial charge in [0.05, 0.1) is 5.92 Å². The predicted octanol–water partition coefficient (Wildman–Crippen LogP) is 1.28. The number of carboxylic acids is 1. The molecule has 6 nitrogen and oxygen atoms in total. The monoisotopic (exact) mass is 318 g/mol. The molecule has 0 aliphatic carbocycles. The van der Waals surface area contributed by atoms with Crippen molar-refractivity contribution in [2.45, 2.75) is 32.9 Å². The van der Waals surface area contributed by atoms with Gasteiger partial charge in [0.25, 0.3) is 0 Å². The van der Waals surface area contributed by atoms with Crippen LogP contribution in [0.5, 0.6) is 0 Å². The minimum absolute atomic E-state index is 0.0692. The number of benzene rings is 1. The SMILES string of the molecule is Cc1ccc(CN2CC(C(=O)N(C)C(C)C(=O)O)CC2=O)cc1. The van der Waals surface area contributed by atoms with Gasteiger partial charge in [0.2, 0.25) is 11.8 Å². The van der Waals surface area contributed by atoms with E-state index in [0.717, 1.165) is 11.1 Å². The van der Waals surface area contributed by atoms with Crippen molar-refractivity contribution < 1.29 is 19.5 Å². The summed E-state index contributed by atoms with van der Waals surface area (Å²) in [5.41, 5.74) is 2.17. The molecule has 1 heterocycles. The lowest BCUT2D eigenvalue weighted by atomic mass is 10.1. The Bertz CT molecular complexity index is 612. The lowest BCUT2D eigenvalue weighted by Gasteiger charge is -2.24. The third kappa shape index (κ3) is 3.88. The fourth-order valence-corrected chi connectivity index (χ4v) is 2.65. The summed E-state index contributed by atoms with van der Waals surface area (Å²) in [6.45, 7) is 4.27. The highest BCUT2D eigenvalue weighted by Crippen LogP contribution is 2.22. The molecule has 2 unspecified atom stereocenters. The van der Waals surface area contributed by atoms with Crippen molar-refractivity contribution in [2.75, 3.05) is 13.6 Å². The molecule has 0 spiro atoms. The van der Waals surface area contributed by atoms with Gasteiger partial charge in [-0.05, 0) is 19.4 Å². The lowest BCUT2D eigenvalue weighted by Crippen LogP contribution is -2.43. The van der Waals surface area contributed by atoms with Crippen LogP contribution in [0.25, 0.3) is 0 Å². The molecule has 2 rings (SSSR count). The van der Waals surface area contributed by atoms with Crippen LogP contribution < -0.4 is 0 Å². The van der Waals surface area contributed by atoms with Crippen LogP contribution in [0.1, 0.15) is 24.5 Å². The Morgan fingerprint density at radius 1 is 1.35 bits per heavy atom. The van der Waals surface area contributed by atoms with E-state index >= 15 is 0 Å². The molecule has 0 saturated carbocycles.